The van der Waals surface area contributed by atoms with Gasteiger partial charge in [0, 0.05) is 75.7 Å². The smallest absolute Gasteiger partial charge is 0.497 e. The Labute approximate surface area is 479 Å². The van der Waals surface area contributed by atoms with Crippen molar-refractivity contribution in [2.45, 2.75) is 37.9 Å². The lowest BCUT2D eigenvalue weighted by molar-refractivity contribution is -0.120. The second-order valence-corrected chi connectivity index (χ2v) is 26.4. The van der Waals surface area contributed by atoms with E-state index in [1.54, 1.807) is 47.4 Å². The second-order valence-electron chi connectivity index (χ2n) is 18.2. The van der Waals surface area contributed by atoms with Crippen molar-refractivity contribution in [1.29, 1.82) is 0 Å². The van der Waals surface area contributed by atoms with Crippen LogP contribution in [-0.2, 0) is 49.5 Å². The Morgan fingerprint density at radius 1 is 0.558 bits per heavy atom. The van der Waals surface area contributed by atoms with Gasteiger partial charge in [-0.3, -0.25) is 28.7 Å². The summed E-state index contributed by atoms with van der Waals surface area (Å²) in [6.45, 7) is 0.336. The summed E-state index contributed by atoms with van der Waals surface area (Å²) in [5, 5.41) is 2.38. The van der Waals surface area contributed by atoms with E-state index in [9.17, 15) is 19.2 Å². The summed E-state index contributed by atoms with van der Waals surface area (Å²) in [6, 6.07) is 43.7. The van der Waals surface area contributed by atoms with E-state index < -0.39 is 23.5 Å². The van der Waals surface area contributed by atoms with Crippen LogP contribution in [0.1, 0.15) is 44.5 Å². The minimum Gasteiger partial charge on any atom is -0.497 e. The Balaban J connectivity index is 0.000000180. The number of aryl methyl sites for hydroxylation is 2. The van der Waals surface area contributed by atoms with Crippen LogP contribution in [0.25, 0.3) is 22.1 Å². The Hall–Kier alpha value is -6.08. The number of methoxy groups -OCH3 is 1. The first-order valence-electron chi connectivity index (χ1n) is 23.9. The summed E-state index contributed by atoms with van der Waals surface area (Å²) in [7, 11) is 19.9. The standard InChI is InChI=1S/C32H26Cl2N4O3.C25H19Cl2N3O2.Al.3ClH/c1-37-29-16-21(7-13-26(29)36-32(37)40)30-25-17-23(34)10-14-28(25)38(18-20-5-11-24(41-2)12-6-20)31(39)27(35-30)15-19-3-8-22(33)9-4-19;1-30-22-11-16(5-9-20(22)29-25(30)32)24-19-13-18(27)8-4-15(19)12-23(31)21(28-24)10-14-2-6-17(26)7-3-14;;;;/h3-14,16-17,27H,15,18H2,1-2H3,(H,36,40);2-9,11,13,21H,10,12H2,1H3,(H,29,32);;3*1H/q;;+3;;;/p-3. The number of amides is 1. The normalized spacial score (nSPS) is 15.0. The lowest BCUT2D eigenvalue weighted by Crippen LogP contribution is -2.38. The number of rotatable bonds is 9. The molecule has 1 amide bonds. The molecule has 12 nitrogen and oxygen atoms in total. The van der Waals surface area contributed by atoms with Crippen LogP contribution in [0.2, 0.25) is 20.1 Å². The Bertz CT molecular complexity index is 3870. The van der Waals surface area contributed by atoms with Crippen molar-refractivity contribution in [3.8, 4) is 5.75 Å². The van der Waals surface area contributed by atoms with E-state index in [4.69, 9.17) is 91.3 Å². The van der Waals surface area contributed by atoms with Gasteiger partial charge in [-0.25, -0.2) is 39.7 Å². The maximum Gasteiger partial charge on any atom is 0.643 e. The maximum absolute atomic E-state index is 14.3. The SMILES string of the molecule is COc1ccc(CN2C(=O)C(Cc3ccc(Cl)cc3)N=C(c3ccc4[nH]c(=O)n(C)c4c3)c3cc(Cl)ccc32)cc1.Cn1c(=O)[nH]c2ccc(C3=NC(Cc4ccc(Cl)cc4)C(=O)Cc4ccc(Cl)cc43)cc21.[Cl][Al]([Cl])[Cl]. The van der Waals surface area contributed by atoms with Gasteiger partial charge in [0.2, 0.25) is 0 Å². The highest BCUT2D eigenvalue weighted by Gasteiger charge is 2.33. The first-order chi connectivity index (χ1) is 36.9. The summed E-state index contributed by atoms with van der Waals surface area (Å²) in [4.78, 5) is 69.3. The third-order valence-corrected chi connectivity index (χ3v) is 14.2. The summed E-state index contributed by atoms with van der Waals surface area (Å²) in [5.74, 6) is 0.655. The van der Waals surface area contributed by atoms with Gasteiger partial charge in [-0.05, 0) is 113 Å². The van der Waals surface area contributed by atoms with Crippen molar-refractivity contribution in [1.82, 2.24) is 19.1 Å². The molecule has 2 aliphatic heterocycles. The van der Waals surface area contributed by atoms with Crippen molar-refractivity contribution in [3.63, 3.8) is 0 Å². The molecule has 2 unspecified atom stereocenters. The number of Topliss-reactive ketones (excluding diaryl/α,β-unsaturated/α-hetero) is 1. The predicted octanol–water partition coefficient (Wildman–Crippen LogP) is 12.6. The number of fused-ring (bicyclic) bond motifs is 4. The average molecular weight is 1180 g/mol. The molecule has 390 valence electrons. The van der Waals surface area contributed by atoms with Gasteiger partial charge >= 0.3 is 22.8 Å². The second kappa shape index (κ2) is 24.3. The van der Waals surface area contributed by atoms with Crippen LogP contribution in [0.5, 0.6) is 5.75 Å². The predicted molar refractivity (Wildman–Crippen MR) is 315 cm³/mol. The van der Waals surface area contributed by atoms with Gasteiger partial charge in [-0.1, -0.05) is 101 Å². The number of imidazole rings is 2. The van der Waals surface area contributed by atoms with Crippen LogP contribution in [-0.4, -0.2) is 72.8 Å². The summed E-state index contributed by atoms with van der Waals surface area (Å²) in [6.07, 6.45) is 1.14. The molecule has 11 rings (SSSR count). The highest BCUT2D eigenvalue weighted by atomic mass is 35.8. The summed E-state index contributed by atoms with van der Waals surface area (Å²) in [5.41, 5.74) is 11.5. The molecule has 0 aliphatic carbocycles. The molecule has 2 atom stereocenters. The van der Waals surface area contributed by atoms with E-state index in [1.807, 2.05) is 133 Å². The van der Waals surface area contributed by atoms with Crippen molar-refractivity contribution in [3.05, 3.63) is 231 Å². The topological polar surface area (TPSA) is 147 Å². The number of aromatic amines is 2. The van der Waals surface area contributed by atoms with Gasteiger partial charge in [0.25, 0.3) is 5.91 Å². The number of hydrogen-bond acceptors (Lipinski definition) is 7. The summed E-state index contributed by atoms with van der Waals surface area (Å²) < 4.78 is 8.44. The molecular weight excluding hydrogens is 1140 g/mol. The van der Waals surface area contributed by atoms with Gasteiger partial charge in [0.05, 0.1) is 52.8 Å². The molecule has 2 aliphatic rings. The fourth-order valence-corrected chi connectivity index (χ4v) is 9.89. The lowest BCUT2D eigenvalue weighted by Gasteiger charge is -2.26. The van der Waals surface area contributed by atoms with Crippen LogP contribution in [0, 0.1) is 0 Å². The van der Waals surface area contributed by atoms with Crippen LogP contribution < -0.4 is 21.0 Å². The molecule has 9 aromatic rings. The van der Waals surface area contributed by atoms with E-state index in [1.165, 1.54) is 0 Å². The number of carbonyl (C=O) groups excluding carboxylic acids is 2. The van der Waals surface area contributed by atoms with Crippen molar-refractivity contribution in [2.24, 2.45) is 24.1 Å². The van der Waals surface area contributed by atoms with E-state index in [-0.39, 0.29) is 29.5 Å². The Morgan fingerprint density at radius 3 is 1.55 bits per heavy atom. The molecule has 77 heavy (non-hydrogen) atoms. The third kappa shape index (κ3) is 12.9. The molecule has 0 fully saturated rings. The van der Waals surface area contributed by atoms with Gasteiger partial charge in [-0.15, -0.1) is 0 Å². The van der Waals surface area contributed by atoms with Gasteiger partial charge < -0.3 is 19.6 Å². The molecule has 0 radical (unpaired) electrons. The minimum absolute atomic E-state index is 0.0497. The molecule has 0 spiro atoms. The molecular formula is C57H45AlCl7N7O5. The monoisotopic (exact) mass is 1180 g/mol. The van der Waals surface area contributed by atoms with Crippen molar-refractivity contribution < 1.29 is 14.3 Å². The van der Waals surface area contributed by atoms with Gasteiger partial charge in [-0.2, -0.15) is 0 Å². The fourth-order valence-electron chi connectivity index (χ4n) is 9.30. The molecule has 2 aromatic heterocycles. The van der Waals surface area contributed by atoms with Gasteiger partial charge in [0.1, 0.15) is 17.8 Å². The first kappa shape index (κ1) is 55.7. The number of aromatic nitrogens is 4. The van der Waals surface area contributed by atoms with Gasteiger partial charge in [0.15, 0.2) is 5.78 Å². The third-order valence-electron chi connectivity index (χ3n) is 13.2. The number of aliphatic imine (C=N–C) groups is 2. The highest BCUT2D eigenvalue weighted by Crippen LogP contribution is 2.34. The van der Waals surface area contributed by atoms with Crippen molar-refractivity contribution >= 4 is 139 Å². The zero-order valence-corrected chi connectivity index (χ0v) is 47.8. The molecule has 7 aromatic carbocycles. The number of hydrogen-bond donors (Lipinski definition) is 2. The number of nitrogens with zero attached hydrogens (tertiary/aromatic N) is 5. The van der Waals surface area contributed by atoms with Crippen molar-refractivity contribution in [2.75, 3.05) is 12.0 Å². The molecule has 2 N–H and O–H groups in total. The number of benzene rings is 7. The number of anilines is 1. The number of nitrogens with one attached hydrogen (secondary N) is 2. The summed E-state index contributed by atoms with van der Waals surface area (Å²) >= 11 is 23.3. The number of ketones is 1. The number of halogens is 7. The number of benzodiazepines with no additional fused rings is 1. The van der Waals surface area contributed by atoms with Crippen LogP contribution >= 0.6 is 76.6 Å². The molecule has 4 heterocycles. The fraction of sp³-hybridized carbons (Fsp3) is 0.158. The maximum atomic E-state index is 14.3. The zero-order chi connectivity index (χ0) is 54.7. The van der Waals surface area contributed by atoms with E-state index >= 15 is 0 Å². The van der Waals surface area contributed by atoms with Crippen LogP contribution in [0.3, 0.4) is 0 Å². The molecule has 0 saturated heterocycles. The zero-order valence-electron chi connectivity index (χ0n) is 41.3. The highest BCUT2D eigenvalue weighted by molar-refractivity contribution is 7.54. The Kier molecular flexibility index (Phi) is 17.6. The van der Waals surface area contributed by atoms with E-state index in [2.05, 4.69) is 9.97 Å². The number of ether oxygens (including phenoxy) is 1. The largest absolute Gasteiger partial charge is 0.643 e. The first-order valence-corrected chi connectivity index (χ1v) is 30.7. The number of carbonyl (C=O) groups is 2. The quantitative estimate of drug-likeness (QED) is 0.138. The Morgan fingerprint density at radius 2 is 1.01 bits per heavy atom. The minimum atomic E-state index is -1.72. The van der Waals surface area contributed by atoms with E-state index in [0.29, 0.717) is 56.6 Å². The van der Waals surface area contributed by atoms with Crippen LogP contribution in [0.4, 0.5) is 5.69 Å². The molecule has 0 bridgehead atoms. The molecule has 20 heteroatoms. The lowest BCUT2D eigenvalue weighted by atomic mass is 9.95. The average Bonchev–Trinajstić information content (AvgIpc) is 3.79. The molecule has 0 saturated carbocycles. The number of H-pyrrole nitrogens is 2. The van der Waals surface area contributed by atoms with Crippen LogP contribution in [0.15, 0.2) is 165 Å². The van der Waals surface area contributed by atoms with E-state index in [0.717, 1.165) is 72.3 Å².